The van der Waals surface area contributed by atoms with Gasteiger partial charge in [0.15, 0.2) is 17.8 Å². The van der Waals surface area contributed by atoms with Crippen molar-refractivity contribution in [2.24, 2.45) is 0 Å². The van der Waals surface area contributed by atoms with Crippen molar-refractivity contribution in [1.82, 2.24) is 0 Å². The number of aliphatic hydroxyl groups excluding tert-OH is 1. The van der Waals surface area contributed by atoms with Crippen LogP contribution in [0.3, 0.4) is 0 Å². The van der Waals surface area contributed by atoms with Crippen LogP contribution in [0, 0.1) is 6.92 Å². The molecule has 2 N–H and O–H groups in total. The molecule has 0 amide bonds. The maximum absolute atomic E-state index is 14.0. The Morgan fingerprint density at radius 1 is 0.947 bits per heavy atom. The summed E-state index contributed by atoms with van der Waals surface area (Å²) in [5, 5.41) is 18.2. The number of ether oxygens (including phenoxy) is 3. The molecule has 1 saturated carbocycles. The van der Waals surface area contributed by atoms with Crippen LogP contribution in [0.15, 0.2) is 59.5 Å². The molecular weight excluding hydrogens is 506 g/mol. The van der Waals surface area contributed by atoms with Crippen LogP contribution in [0.25, 0.3) is 11.1 Å². The van der Waals surface area contributed by atoms with E-state index in [1.54, 1.807) is 23.4 Å². The summed E-state index contributed by atoms with van der Waals surface area (Å²) in [5.74, 6) is 1.86. The van der Waals surface area contributed by atoms with Gasteiger partial charge in [-0.05, 0) is 84.5 Å². The van der Waals surface area contributed by atoms with E-state index in [4.69, 9.17) is 24.4 Å². The molecule has 6 rings (SSSR count). The number of rotatable bonds is 6. The number of aliphatic hydroxyl groups is 2. The highest BCUT2D eigenvalue weighted by Crippen LogP contribution is 2.52. The second kappa shape index (κ2) is 9.48. The molecule has 3 aliphatic rings. The van der Waals surface area contributed by atoms with Crippen LogP contribution in [-0.4, -0.2) is 44.9 Å². The minimum absolute atomic E-state index is 0.186. The molecule has 2 aliphatic heterocycles. The molecule has 200 valence electrons. The van der Waals surface area contributed by atoms with E-state index in [9.17, 15) is 8.42 Å². The predicted molar refractivity (Wildman–Crippen MR) is 142 cm³/mol. The zero-order valence-corrected chi connectivity index (χ0v) is 22.0. The van der Waals surface area contributed by atoms with Crippen LogP contribution < -0.4 is 18.5 Å². The van der Waals surface area contributed by atoms with Gasteiger partial charge in [0.25, 0.3) is 10.0 Å². The Morgan fingerprint density at radius 2 is 1.68 bits per heavy atom. The van der Waals surface area contributed by atoms with Crippen molar-refractivity contribution in [3.63, 3.8) is 0 Å². The Bertz CT molecular complexity index is 1480. The van der Waals surface area contributed by atoms with Crippen molar-refractivity contribution in [1.29, 1.82) is 0 Å². The number of sulfonamides is 1. The number of benzene rings is 3. The second-order valence-corrected chi connectivity index (χ2v) is 12.2. The van der Waals surface area contributed by atoms with Gasteiger partial charge in [-0.1, -0.05) is 31.4 Å². The molecule has 1 fully saturated rings. The van der Waals surface area contributed by atoms with Gasteiger partial charge in [0.1, 0.15) is 12.4 Å². The molecule has 1 aliphatic carbocycles. The Balaban J connectivity index is 1.38. The molecule has 0 atom stereocenters. The van der Waals surface area contributed by atoms with Crippen LogP contribution in [-0.2, 0) is 15.4 Å². The lowest BCUT2D eigenvalue weighted by Gasteiger charge is -2.34. The number of nitrogens with zero attached hydrogens (tertiary/aromatic N) is 1. The topological polar surface area (TPSA) is 106 Å². The molecule has 1 spiro atoms. The first kappa shape index (κ1) is 25.0. The molecule has 9 heteroatoms. The standard InChI is InChI=1S/C29H31NO7S/c1-19-13-22(7-10-25(19)35-16-28(31)32)38(33,34)30-17-29(11-3-2-4-12-29)23-14-20(5-8-24(23)30)21-6-9-26-27(15-21)37-18-36-26/h5-10,13-15,28,31-32H,2-4,11-12,16-18H2,1H3. The predicted octanol–water partition coefficient (Wildman–Crippen LogP) is 4.49. The number of hydrogen-bond donors (Lipinski definition) is 2. The third kappa shape index (κ3) is 4.28. The fourth-order valence-corrected chi connectivity index (χ4v) is 7.64. The number of aryl methyl sites for hydroxylation is 1. The first-order valence-electron chi connectivity index (χ1n) is 12.9. The Hall–Kier alpha value is -3.27. The summed E-state index contributed by atoms with van der Waals surface area (Å²) >= 11 is 0. The highest BCUT2D eigenvalue weighted by molar-refractivity contribution is 7.92. The summed E-state index contributed by atoms with van der Waals surface area (Å²) in [4.78, 5) is 0.186. The van der Waals surface area contributed by atoms with Crippen molar-refractivity contribution < 1.29 is 32.8 Å². The second-order valence-electron chi connectivity index (χ2n) is 10.4. The Morgan fingerprint density at radius 3 is 2.45 bits per heavy atom. The zero-order valence-electron chi connectivity index (χ0n) is 21.2. The normalized spacial score (nSPS) is 17.7. The number of hydrogen-bond acceptors (Lipinski definition) is 7. The van der Waals surface area contributed by atoms with Gasteiger partial charge in [0, 0.05) is 12.0 Å². The molecule has 2 heterocycles. The summed E-state index contributed by atoms with van der Waals surface area (Å²) in [7, 11) is -3.84. The van der Waals surface area contributed by atoms with E-state index in [-0.39, 0.29) is 23.7 Å². The number of fused-ring (bicyclic) bond motifs is 3. The maximum atomic E-state index is 14.0. The van der Waals surface area contributed by atoms with E-state index < -0.39 is 16.3 Å². The Labute approximate surface area is 222 Å². The molecule has 0 aromatic heterocycles. The SMILES string of the molecule is Cc1cc(S(=O)(=O)N2CC3(CCCCC3)c3cc(-c4ccc5c(c4)OCO5)ccc32)ccc1OCC(O)O. The highest BCUT2D eigenvalue weighted by Gasteiger charge is 2.47. The van der Waals surface area contributed by atoms with Gasteiger partial charge in [-0.3, -0.25) is 4.31 Å². The van der Waals surface area contributed by atoms with Crippen LogP contribution >= 0.6 is 0 Å². The van der Waals surface area contributed by atoms with Crippen molar-refractivity contribution >= 4 is 15.7 Å². The fourth-order valence-electron chi connectivity index (χ4n) is 5.99. The third-order valence-electron chi connectivity index (χ3n) is 7.92. The lowest BCUT2D eigenvalue weighted by Crippen LogP contribution is -2.38. The highest BCUT2D eigenvalue weighted by atomic mass is 32.2. The lowest BCUT2D eigenvalue weighted by molar-refractivity contribution is -0.0681. The molecule has 8 nitrogen and oxygen atoms in total. The van der Waals surface area contributed by atoms with Gasteiger partial charge in [0.05, 0.1) is 10.6 Å². The first-order valence-corrected chi connectivity index (χ1v) is 14.4. The quantitative estimate of drug-likeness (QED) is 0.447. The van der Waals surface area contributed by atoms with Gasteiger partial charge in [-0.15, -0.1) is 0 Å². The van der Waals surface area contributed by atoms with E-state index >= 15 is 0 Å². The lowest BCUT2D eigenvalue weighted by atomic mass is 9.70. The van der Waals surface area contributed by atoms with Gasteiger partial charge >= 0.3 is 0 Å². The van der Waals surface area contributed by atoms with Crippen LogP contribution in [0.2, 0.25) is 0 Å². The monoisotopic (exact) mass is 537 g/mol. The number of anilines is 1. The first-order chi connectivity index (χ1) is 18.3. The molecular formula is C29H31NO7S. The van der Waals surface area contributed by atoms with E-state index in [2.05, 4.69) is 6.07 Å². The van der Waals surface area contributed by atoms with E-state index in [1.807, 2.05) is 30.3 Å². The van der Waals surface area contributed by atoms with Crippen molar-refractivity contribution in [3.8, 4) is 28.4 Å². The molecule has 3 aromatic carbocycles. The molecule has 0 radical (unpaired) electrons. The Kier molecular flexibility index (Phi) is 6.25. The van der Waals surface area contributed by atoms with Gasteiger partial charge in [-0.25, -0.2) is 8.42 Å². The fraction of sp³-hybridized carbons (Fsp3) is 0.379. The summed E-state index contributed by atoms with van der Waals surface area (Å²) in [5.41, 5.74) is 4.24. The van der Waals surface area contributed by atoms with Crippen molar-refractivity contribution in [2.75, 3.05) is 24.2 Å². The van der Waals surface area contributed by atoms with Gasteiger partial charge in [-0.2, -0.15) is 0 Å². The van der Waals surface area contributed by atoms with E-state index in [1.165, 1.54) is 6.07 Å². The van der Waals surface area contributed by atoms with Crippen LogP contribution in [0.4, 0.5) is 5.69 Å². The molecule has 0 saturated heterocycles. The van der Waals surface area contributed by atoms with Gasteiger partial charge in [0.2, 0.25) is 6.79 Å². The summed E-state index contributed by atoms with van der Waals surface area (Å²) in [6.45, 7) is 2.09. The van der Waals surface area contributed by atoms with Crippen LogP contribution in [0.1, 0.15) is 43.2 Å². The minimum Gasteiger partial charge on any atom is -0.488 e. The molecule has 38 heavy (non-hydrogen) atoms. The minimum atomic E-state index is -3.84. The average molecular weight is 538 g/mol. The summed E-state index contributed by atoms with van der Waals surface area (Å²) < 4.78 is 46.0. The smallest absolute Gasteiger partial charge is 0.264 e. The molecule has 3 aromatic rings. The summed E-state index contributed by atoms with van der Waals surface area (Å²) in [6, 6.07) is 16.6. The van der Waals surface area contributed by atoms with E-state index in [0.29, 0.717) is 17.9 Å². The average Bonchev–Trinajstić information content (AvgIpc) is 3.51. The molecule has 0 unspecified atom stereocenters. The molecule has 0 bridgehead atoms. The van der Waals surface area contributed by atoms with E-state index in [0.717, 1.165) is 66.0 Å². The van der Waals surface area contributed by atoms with Crippen molar-refractivity contribution in [2.45, 2.75) is 55.6 Å². The zero-order chi connectivity index (χ0) is 26.5. The maximum Gasteiger partial charge on any atom is 0.264 e. The third-order valence-corrected chi connectivity index (χ3v) is 9.68. The largest absolute Gasteiger partial charge is 0.488 e. The van der Waals surface area contributed by atoms with Gasteiger partial charge < -0.3 is 24.4 Å². The van der Waals surface area contributed by atoms with Crippen molar-refractivity contribution in [3.05, 3.63) is 65.7 Å². The summed E-state index contributed by atoms with van der Waals surface area (Å²) in [6.07, 6.45) is 3.60. The van der Waals surface area contributed by atoms with Crippen LogP contribution in [0.5, 0.6) is 17.2 Å².